The van der Waals surface area contributed by atoms with Gasteiger partial charge in [-0.2, -0.15) is 0 Å². The number of amides is 1. The predicted molar refractivity (Wildman–Crippen MR) is 160 cm³/mol. The van der Waals surface area contributed by atoms with Crippen LogP contribution in [0.2, 0.25) is 0 Å². The number of para-hydroxylation sites is 1. The molecule has 1 atom stereocenters. The van der Waals surface area contributed by atoms with Crippen LogP contribution in [0, 0.1) is 0 Å². The Balaban J connectivity index is 1.31. The maximum absolute atomic E-state index is 13.9. The summed E-state index contributed by atoms with van der Waals surface area (Å²) in [6.07, 6.45) is 0.664. The first-order valence-electron chi connectivity index (χ1n) is 14.5. The first kappa shape index (κ1) is 28.5. The molecule has 0 spiro atoms. The van der Waals surface area contributed by atoms with Gasteiger partial charge in [0.25, 0.3) is 5.91 Å². The van der Waals surface area contributed by atoms with Crippen molar-refractivity contribution in [3.8, 4) is 11.5 Å². The minimum absolute atomic E-state index is 0.0181. The van der Waals surface area contributed by atoms with Crippen LogP contribution in [0.5, 0.6) is 11.5 Å². The van der Waals surface area contributed by atoms with Crippen molar-refractivity contribution in [3.05, 3.63) is 107 Å². The van der Waals surface area contributed by atoms with Crippen molar-refractivity contribution < 1.29 is 33.3 Å². The van der Waals surface area contributed by atoms with E-state index in [9.17, 15) is 14.7 Å². The van der Waals surface area contributed by atoms with Gasteiger partial charge in [0, 0.05) is 31.6 Å². The minimum atomic E-state index is -0.838. The summed E-state index contributed by atoms with van der Waals surface area (Å²) >= 11 is 0. The van der Waals surface area contributed by atoms with Crippen molar-refractivity contribution in [2.75, 3.05) is 46.5 Å². The van der Waals surface area contributed by atoms with E-state index in [1.54, 1.807) is 42.3 Å². The smallest absolute Gasteiger partial charge is 0.290 e. The molecule has 43 heavy (non-hydrogen) atoms. The van der Waals surface area contributed by atoms with Gasteiger partial charge in [-0.25, -0.2) is 0 Å². The van der Waals surface area contributed by atoms with E-state index >= 15 is 0 Å². The number of ketones is 1. The Morgan fingerprint density at radius 1 is 0.953 bits per heavy atom. The molecule has 0 saturated carbocycles. The molecule has 4 aromatic rings. The quantitative estimate of drug-likeness (QED) is 0.237. The van der Waals surface area contributed by atoms with Gasteiger partial charge in [0.1, 0.15) is 12.2 Å². The monoisotopic (exact) mass is 582 g/mol. The standard InChI is InChI=1S/C34H34N2O7/c1-40-28-21-25(12-13-27(28)42-22-23-8-3-2-4-9-23)31-30(32(37)29-20-24-10-5-6-11-26(24)43-29)33(38)34(39)36(31)15-7-14-35-16-18-41-19-17-35/h2-6,8-13,20-21,31,38H,7,14-19,22H2,1H3. The van der Waals surface area contributed by atoms with Crippen molar-refractivity contribution in [2.24, 2.45) is 0 Å². The first-order valence-corrected chi connectivity index (χ1v) is 14.5. The molecule has 1 saturated heterocycles. The Kier molecular flexibility index (Phi) is 8.44. The van der Waals surface area contributed by atoms with Crippen LogP contribution in [0.25, 0.3) is 11.0 Å². The van der Waals surface area contributed by atoms with Gasteiger partial charge in [-0.1, -0.05) is 54.6 Å². The molecule has 9 nitrogen and oxygen atoms in total. The van der Waals surface area contributed by atoms with Gasteiger partial charge in [0.2, 0.25) is 5.78 Å². The third-order valence-corrected chi connectivity index (χ3v) is 7.92. The zero-order valence-electron chi connectivity index (χ0n) is 24.0. The molecule has 1 amide bonds. The second-order valence-electron chi connectivity index (χ2n) is 10.6. The number of benzene rings is 3. The van der Waals surface area contributed by atoms with Gasteiger partial charge >= 0.3 is 0 Å². The fraction of sp³-hybridized carbons (Fsp3) is 0.294. The number of Topliss-reactive ketones (excluding diaryl/α,β-unsaturated/α-hetero) is 1. The van der Waals surface area contributed by atoms with Crippen LogP contribution in [0.4, 0.5) is 0 Å². The highest BCUT2D eigenvalue weighted by Gasteiger charge is 2.44. The average Bonchev–Trinajstić information content (AvgIpc) is 3.59. The summed E-state index contributed by atoms with van der Waals surface area (Å²) in [4.78, 5) is 31.3. The number of ether oxygens (including phenoxy) is 3. The zero-order valence-corrected chi connectivity index (χ0v) is 24.0. The summed E-state index contributed by atoms with van der Waals surface area (Å²) in [5.74, 6) is -0.649. The topological polar surface area (TPSA) is 102 Å². The van der Waals surface area contributed by atoms with Gasteiger partial charge < -0.3 is 28.6 Å². The highest BCUT2D eigenvalue weighted by atomic mass is 16.5. The molecule has 9 heteroatoms. The minimum Gasteiger partial charge on any atom is -0.503 e. The molecule has 3 heterocycles. The van der Waals surface area contributed by atoms with Crippen LogP contribution < -0.4 is 9.47 Å². The SMILES string of the molecule is COc1cc(C2C(C(=O)c3cc4ccccc4o3)=C(O)C(=O)N2CCCN2CCOCC2)ccc1OCc1ccccc1. The van der Waals surface area contributed by atoms with Crippen LogP contribution in [0.15, 0.2) is 94.6 Å². The van der Waals surface area contributed by atoms with E-state index in [2.05, 4.69) is 4.90 Å². The third-order valence-electron chi connectivity index (χ3n) is 7.92. The van der Waals surface area contributed by atoms with E-state index in [0.717, 1.165) is 30.6 Å². The summed E-state index contributed by atoms with van der Waals surface area (Å²) in [6, 6.07) is 23.2. The maximum atomic E-state index is 13.9. The van der Waals surface area contributed by atoms with E-state index < -0.39 is 23.5 Å². The number of hydrogen-bond donors (Lipinski definition) is 1. The fourth-order valence-electron chi connectivity index (χ4n) is 5.69. The van der Waals surface area contributed by atoms with E-state index in [-0.39, 0.29) is 11.3 Å². The lowest BCUT2D eigenvalue weighted by Crippen LogP contribution is -2.39. The molecule has 6 rings (SSSR count). The molecule has 0 radical (unpaired) electrons. The number of aliphatic hydroxyl groups excluding tert-OH is 1. The predicted octanol–water partition coefficient (Wildman–Crippen LogP) is 5.32. The Morgan fingerprint density at radius 2 is 1.72 bits per heavy atom. The molecule has 1 aromatic heterocycles. The number of furan rings is 1. The van der Waals surface area contributed by atoms with Gasteiger partial charge in [-0.3, -0.25) is 14.5 Å². The lowest BCUT2D eigenvalue weighted by atomic mass is 9.94. The Hall–Kier alpha value is -4.60. The van der Waals surface area contributed by atoms with Crippen molar-refractivity contribution in [1.82, 2.24) is 9.80 Å². The normalized spacial score (nSPS) is 17.6. The molecule has 0 bridgehead atoms. The molecular weight excluding hydrogens is 548 g/mol. The Labute approximate surface area is 249 Å². The van der Waals surface area contributed by atoms with Crippen LogP contribution in [-0.4, -0.2) is 73.1 Å². The van der Waals surface area contributed by atoms with Crippen LogP contribution >= 0.6 is 0 Å². The molecule has 222 valence electrons. The van der Waals surface area contributed by atoms with Crippen molar-refractivity contribution >= 4 is 22.7 Å². The summed E-state index contributed by atoms with van der Waals surface area (Å²) < 4.78 is 23.0. The maximum Gasteiger partial charge on any atom is 0.290 e. The van der Waals surface area contributed by atoms with Crippen molar-refractivity contribution in [2.45, 2.75) is 19.1 Å². The third kappa shape index (κ3) is 6.00. The molecule has 1 N–H and O–H groups in total. The molecule has 1 fully saturated rings. The van der Waals surface area contributed by atoms with Crippen molar-refractivity contribution in [1.29, 1.82) is 0 Å². The lowest BCUT2D eigenvalue weighted by Gasteiger charge is -2.30. The largest absolute Gasteiger partial charge is 0.503 e. The van der Waals surface area contributed by atoms with E-state index in [1.165, 1.54) is 0 Å². The van der Waals surface area contributed by atoms with Crippen molar-refractivity contribution in [3.63, 3.8) is 0 Å². The van der Waals surface area contributed by atoms with E-state index in [1.807, 2.05) is 48.5 Å². The summed E-state index contributed by atoms with van der Waals surface area (Å²) in [6.45, 7) is 4.49. The number of hydrogen-bond acceptors (Lipinski definition) is 8. The van der Waals surface area contributed by atoms with Gasteiger partial charge in [-0.05, 0) is 41.8 Å². The number of morpholine rings is 1. The number of aliphatic hydroxyl groups is 1. The molecule has 3 aromatic carbocycles. The van der Waals surface area contributed by atoms with Gasteiger partial charge in [0.15, 0.2) is 23.0 Å². The van der Waals surface area contributed by atoms with Crippen LogP contribution in [0.1, 0.15) is 34.1 Å². The molecule has 2 aliphatic heterocycles. The molecule has 2 aliphatic rings. The van der Waals surface area contributed by atoms with Gasteiger partial charge in [-0.15, -0.1) is 0 Å². The van der Waals surface area contributed by atoms with E-state index in [4.69, 9.17) is 18.6 Å². The molecule has 0 aliphatic carbocycles. The fourth-order valence-corrected chi connectivity index (χ4v) is 5.69. The lowest BCUT2D eigenvalue weighted by molar-refractivity contribution is -0.129. The first-order chi connectivity index (χ1) is 21.0. The summed E-state index contributed by atoms with van der Waals surface area (Å²) in [5.41, 5.74) is 2.16. The highest BCUT2D eigenvalue weighted by Crippen LogP contribution is 2.42. The number of nitrogens with zero attached hydrogens (tertiary/aromatic N) is 2. The summed E-state index contributed by atoms with van der Waals surface area (Å²) in [5, 5.41) is 11.9. The Morgan fingerprint density at radius 3 is 2.49 bits per heavy atom. The van der Waals surface area contributed by atoms with Crippen LogP contribution in [0.3, 0.4) is 0 Å². The Bertz CT molecular complexity index is 1610. The number of fused-ring (bicyclic) bond motifs is 1. The molecular formula is C34H34N2O7. The highest BCUT2D eigenvalue weighted by molar-refractivity contribution is 6.16. The number of carbonyl (C=O) groups excluding carboxylic acids is 2. The van der Waals surface area contributed by atoms with E-state index in [0.29, 0.717) is 55.4 Å². The number of rotatable bonds is 11. The average molecular weight is 583 g/mol. The van der Waals surface area contributed by atoms with Gasteiger partial charge in [0.05, 0.1) is 31.9 Å². The van der Waals surface area contributed by atoms with Crippen LogP contribution in [-0.2, 0) is 16.1 Å². The number of carbonyl (C=O) groups is 2. The second-order valence-corrected chi connectivity index (χ2v) is 10.6. The zero-order chi connectivity index (χ0) is 29.8. The molecule has 1 unspecified atom stereocenters. The summed E-state index contributed by atoms with van der Waals surface area (Å²) in [7, 11) is 1.54. The number of methoxy groups -OCH3 is 1. The second kappa shape index (κ2) is 12.7.